The lowest BCUT2D eigenvalue weighted by atomic mass is 10.6. The molecule has 0 aliphatic carbocycles. The second kappa shape index (κ2) is 6.60. The van der Waals surface area contributed by atoms with Crippen molar-refractivity contribution in [2.75, 3.05) is 19.0 Å². The lowest BCUT2D eigenvalue weighted by molar-refractivity contribution is 0.119. The van der Waals surface area contributed by atoms with Crippen molar-refractivity contribution >= 4 is 28.7 Å². The van der Waals surface area contributed by atoms with Crippen LogP contribution in [0.2, 0.25) is 0 Å². The Morgan fingerprint density at radius 3 is 2.89 bits per heavy atom. The third-order valence-electron chi connectivity index (χ3n) is 1.64. The van der Waals surface area contributed by atoms with Gasteiger partial charge in [-0.3, -0.25) is 5.32 Å². The van der Waals surface area contributed by atoms with E-state index >= 15 is 0 Å². The van der Waals surface area contributed by atoms with Crippen LogP contribution >= 0.6 is 11.3 Å². The van der Waals surface area contributed by atoms with E-state index in [0.717, 1.165) is 11.3 Å². The molecule has 0 bridgehead atoms. The van der Waals surface area contributed by atoms with E-state index in [-0.39, 0.29) is 17.6 Å². The highest BCUT2D eigenvalue weighted by molar-refractivity contribution is 7.16. The number of hydrogen-bond donors (Lipinski definition) is 1. The summed E-state index contributed by atoms with van der Waals surface area (Å²) >= 11 is 1.15. The van der Waals surface area contributed by atoms with Gasteiger partial charge in [-0.15, -0.1) is 0 Å². The van der Waals surface area contributed by atoms with Crippen molar-refractivity contribution in [3.8, 4) is 5.88 Å². The van der Waals surface area contributed by atoms with Crippen LogP contribution in [0.3, 0.4) is 0 Å². The van der Waals surface area contributed by atoms with Crippen LogP contribution in [0.5, 0.6) is 5.88 Å². The Morgan fingerprint density at radius 1 is 1.56 bits per heavy atom. The first kappa shape index (κ1) is 14.0. The number of nitrogens with one attached hydrogen (secondary N) is 1. The molecule has 0 saturated carbocycles. The molecule has 1 rings (SSSR count). The topological polar surface area (TPSA) is 86.8 Å². The Kier molecular flexibility index (Phi) is 5.12. The molecule has 0 aromatic carbocycles. The molecule has 1 N–H and O–H groups in total. The van der Waals surface area contributed by atoms with Crippen molar-refractivity contribution in [1.82, 2.24) is 4.98 Å². The highest BCUT2D eigenvalue weighted by Crippen LogP contribution is 2.28. The average Bonchev–Trinajstić information content (AvgIpc) is 2.66. The second-order valence-corrected chi connectivity index (χ2v) is 4.15. The van der Waals surface area contributed by atoms with Gasteiger partial charge in [-0.1, -0.05) is 24.0 Å². The van der Waals surface area contributed by atoms with E-state index < -0.39 is 12.2 Å². The number of nitrogens with zero attached hydrogens (tertiary/aromatic N) is 1. The van der Waals surface area contributed by atoms with Crippen LogP contribution in [0.1, 0.15) is 4.88 Å². The van der Waals surface area contributed by atoms with Gasteiger partial charge in [-0.2, -0.15) is 4.98 Å². The van der Waals surface area contributed by atoms with Crippen LogP contribution in [-0.4, -0.2) is 30.9 Å². The minimum atomic E-state index is -0.871. The molecule has 0 fully saturated rings. The zero-order chi connectivity index (χ0) is 13.5. The van der Waals surface area contributed by atoms with Crippen molar-refractivity contribution < 1.29 is 23.8 Å². The van der Waals surface area contributed by atoms with E-state index in [4.69, 9.17) is 9.47 Å². The molecule has 1 amide bonds. The van der Waals surface area contributed by atoms with Crippen LogP contribution < -0.4 is 10.1 Å². The van der Waals surface area contributed by atoms with Crippen molar-refractivity contribution in [3.63, 3.8) is 0 Å². The molecule has 0 saturated heterocycles. The maximum absolute atomic E-state index is 11.2. The van der Waals surface area contributed by atoms with Gasteiger partial charge in [0.25, 0.3) is 0 Å². The van der Waals surface area contributed by atoms with Gasteiger partial charge < -0.3 is 14.2 Å². The first-order valence-electron chi connectivity index (χ1n) is 4.84. The zero-order valence-electron chi connectivity index (χ0n) is 9.89. The monoisotopic (exact) mass is 272 g/mol. The van der Waals surface area contributed by atoms with Crippen LogP contribution in [0.15, 0.2) is 12.7 Å². The van der Waals surface area contributed by atoms with Gasteiger partial charge in [0, 0.05) is 0 Å². The van der Waals surface area contributed by atoms with Crippen molar-refractivity contribution in [2.45, 2.75) is 6.92 Å². The number of aromatic nitrogens is 1. The third-order valence-corrected chi connectivity index (χ3v) is 2.51. The van der Waals surface area contributed by atoms with E-state index in [9.17, 15) is 9.59 Å². The van der Waals surface area contributed by atoms with Gasteiger partial charge in [-0.25, -0.2) is 9.59 Å². The predicted octanol–water partition coefficient (Wildman–Crippen LogP) is 2.33. The highest BCUT2D eigenvalue weighted by atomic mass is 32.1. The predicted molar refractivity (Wildman–Crippen MR) is 65.1 cm³/mol. The number of aryl methyl sites for hydroxylation is 1. The fourth-order valence-corrected chi connectivity index (χ4v) is 1.64. The molecule has 7 nitrogen and oxygen atoms in total. The van der Waals surface area contributed by atoms with Gasteiger partial charge in [0.1, 0.15) is 6.61 Å². The van der Waals surface area contributed by atoms with Crippen molar-refractivity contribution in [1.29, 1.82) is 0 Å². The normalized spacial score (nSPS) is 9.44. The third kappa shape index (κ3) is 4.06. The summed E-state index contributed by atoms with van der Waals surface area (Å²) in [6.07, 6.45) is -0.0872. The number of ether oxygens (including phenoxy) is 3. The summed E-state index contributed by atoms with van der Waals surface area (Å²) < 4.78 is 13.8. The number of carbonyl (C=O) groups is 2. The summed E-state index contributed by atoms with van der Waals surface area (Å²) in [4.78, 5) is 26.7. The molecule has 18 heavy (non-hydrogen) atoms. The fourth-order valence-electron chi connectivity index (χ4n) is 0.909. The molecular formula is C10H12N2O5S. The Bertz CT molecular complexity index is 457. The lowest BCUT2D eigenvalue weighted by Crippen LogP contribution is -2.13. The summed E-state index contributed by atoms with van der Waals surface area (Å²) in [6, 6.07) is 0. The van der Waals surface area contributed by atoms with Gasteiger partial charge in [0.05, 0.1) is 12.0 Å². The molecule has 0 aliphatic heterocycles. The fraction of sp³-hybridized carbons (Fsp3) is 0.300. The van der Waals surface area contributed by atoms with E-state index in [1.807, 2.05) is 0 Å². The van der Waals surface area contributed by atoms with Gasteiger partial charge in [-0.05, 0) is 6.92 Å². The molecule has 1 aromatic heterocycles. The van der Waals surface area contributed by atoms with E-state index in [0.29, 0.717) is 4.88 Å². The van der Waals surface area contributed by atoms with Crippen molar-refractivity contribution in [2.24, 2.45) is 0 Å². The summed E-state index contributed by atoms with van der Waals surface area (Å²) in [6.45, 7) is 5.20. The molecule has 98 valence electrons. The maximum Gasteiger partial charge on any atom is 0.514 e. The highest BCUT2D eigenvalue weighted by Gasteiger charge is 2.15. The van der Waals surface area contributed by atoms with E-state index in [1.54, 1.807) is 6.92 Å². The van der Waals surface area contributed by atoms with Gasteiger partial charge in [0.2, 0.25) is 5.88 Å². The number of hydrogen-bond acceptors (Lipinski definition) is 7. The minimum absolute atomic E-state index is 0.0888. The SMILES string of the molecule is C=CCOC(=O)Nc1nc(OC(=O)OC)c(C)s1. The largest absolute Gasteiger partial charge is 0.514 e. The molecular weight excluding hydrogens is 260 g/mol. The van der Waals surface area contributed by atoms with Crippen LogP contribution in [0.25, 0.3) is 0 Å². The molecule has 0 spiro atoms. The Hall–Kier alpha value is -2.09. The molecule has 0 unspecified atom stereocenters. The molecule has 8 heteroatoms. The van der Waals surface area contributed by atoms with Crippen molar-refractivity contribution in [3.05, 3.63) is 17.5 Å². The smallest absolute Gasteiger partial charge is 0.445 e. The lowest BCUT2D eigenvalue weighted by Gasteiger charge is -2.00. The van der Waals surface area contributed by atoms with Gasteiger partial charge in [0.15, 0.2) is 5.13 Å². The molecule has 0 atom stereocenters. The number of thiazole rings is 1. The quantitative estimate of drug-likeness (QED) is 0.668. The van der Waals surface area contributed by atoms with Crippen LogP contribution in [0, 0.1) is 6.92 Å². The number of methoxy groups -OCH3 is 1. The van der Waals surface area contributed by atoms with E-state index in [2.05, 4.69) is 21.6 Å². The first-order valence-corrected chi connectivity index (χ1v) is 5.66. The molecule has 1 heterocycles. The summed E-state index contributed by atoms with van der Waals surface area (Å²) in [5.41, 5.74) is 0. The number of anilines is 1. The summed E-state index contributed by atoms with van der Waals surface area (Å²) in [5.74, 6) is 0.0888. The maximum atomic E-state index is 11.2. The average molecular weight is 272 g/mol. The Labute approximate surface area is 107 Å². The zero-order valence-corrected chi connectivity index (χ0v) is 10.7. The van der Waals surface area contributed by atoms with E-state index in [1.165, 1.54) is 13.2 Å². The first-order chi connectivity index (χ1) is 8.56. The molecule has 0 aliphatic rings. The summed E-state index contributed by atoms with van der Waals surface area (Å²) in [5, 5.41) is 2.66. The molecule has 0 radical (unpaired) electrons. The van der Waals surface area contributed by atoms with Crippen LogP contribution in [0.4, 0.5) is 14.7 Å². The summed E-state index contributed by atoms with van der Waals surface area (Å²) in [7, 11) is 1.19. The minimum Gasteiger partial charge on any atom is -0.445 e. The van der Waals surface area contributed by atoms with Crippen LogP contribution in [-0.2, 0) is 9.47 Å². The Balaban J connectivity index is 2.63. The van der Waals surface area contributed by atoms with Gasteiger partial charge >= 0.3 is 12.2 Å². The number of amides is 1. The number of rotatable bonds is 4. The molecule has 1 aromatic rings. The number of carbonyl (C=O) groups excluding carboxylic acids is 2. The second-order valence-electron chi connectivity index (χ2n) is 2.95. The standard InChI is InChI=1S/C10H12N2O5S/c1-4-5-16-9(13)12-8-11-7(6(2)18-8)17-10(14)15-3/h4H,1,5H2,2-3H3,(H,11,12,13). The Morgan fingerprint density at radius 2 is 2.28 bits per heavy atom.